The third kappa shape index (κ3) is 3.11. The Balaban J connectivity index is 1.87. The second-order valence-corrected chi connectivity index (χ2v) is 7.50. The number of nitriles is 2. The number of rotatable bonds is 2. The minimum Gasteiger partial charge on any atom is -0.192 e. The highest BCUT2D eigenvalue weighted by atomic mass is 32.2. The van der Waals surface area contributed by atoms with Crippen LogP contribution in [-0.4, -0.2) is 5.25 Å². The van der Waals surface area contributed by atoms with E-state index in [1.54, 1.807) is 0 Å². The zero-order valence-electron chi connectivity index (χ0n) is 12.7. The Hall–Kier alpha value is -1.97. The van der Waals surface area contributed by atoms with Crippen LogP contribution < -0.4 is 0 Å². The molecule has 1 saturated carbocycles. The van der Waals surface area contributed by atoms with Gasteiger partial charge in [-0.1, -0.05) is 13.0 Å². The topological polar surface area (TPSA) is 47.6 Å². The zero-order valence-corrected chi connectivity index (χ0v) is 13.5. The Morgan fingerprint density at radius 3 is 2.18 bits per heavy atom. The van der Waals surface area contributed by atoms with Gasteiger partial charge in [-0.25, -0.2) is 0 Å². The van der Waals surface area contributed by atoms with E-state index in [-0.39, 0.29) is 0 Å². The maximum Gasteiger partial charge on any atom is 0.101 e. The molecule has 0 bridgehead atoms. The van der Waals surface area contributed by atoms with Gasteiger partial charge >= 0.3 is 0 Å². The molecule has 3 heteroatoms. The van der Waals surface area contributed by atoms with E-state index in [0.717, 1.165) is 16.7 Å². The van der Waals surface area contributed by atoms with Crippen LogP contribution in [0.4, 0.5) is 0 Å². The number of hydrogen-bond donors (Lipinski definition) is 0. The largest absolute Gasteiger partial charge is 0.192 e. The molecule has 0 heterocycles. The van der Waals surface area contributed by atoms with Crippen molar-refractivity contribution in [1.82, 2.24) is 0 Å². The molecule has 0 aromatic heterocycles. The highest BCUT2D eigenvalue weighted by Crippen LogP contribution is 2.36. The van der Waals surface area contributed by atoms with E-state index < -0.39 is 0 Å². The summed E-state index contributed by atoms with van der Waals surface area (Å²) in [6.45, 7) is 2.34. The quantitative estimate of drug-likeness (QED) is 0.761. The van der Waals surface area contributed by atoms with Crippen molar-refractivity contribution in [2.45, 2.75) is 42.8 Å². The minimum atomic E-state index is 0.455. The summed E-state index contributed by atoms with van der Waals surface area (Å²) in [5.74, 6) is 0.871. The van der Waals surface area contributed by atoms with Crippen molar-refractivity contribution in [2.24, 2.45) is 5.92 Å². The Morgan fingerprint density at radius 1 is 0.909 bits per heavy atom. The molecule has 110 valence electrons. The van der Waals surface area contributed by atoms with Gasteiger partial charge in [-0.2, -0.15) is 10.5 Å². The van der Waals surface area contributed by atoms with Crippen molar-refractivity contribution in [3.8, 4) is 12.1 Å². The summed E-state index contributed by atoms with van der Waals surface area (Å²) >= 11 is 1.96. The SMILES string of the molecule is CC1CCC(Sc2ccc3cc(C#N)c(C#N)cc3c2)CC1. The van der Waals surface area contributed by atoms with Crippen LogP contribution in [0.3, 0.4) is 0 Å². The molecular weight excluding hydrogens is 288 g/mol. The summed E-state index contributed by atoms with van der Waals surface area (Å²) in [6.07, 6.45) is 5.24. The van der Waals surface area contributed by atoms with E-state index in [2.05, 4.69) is 37.3 Å². The lowest BCUT2D eigenvalue weighted by Crippen LogP contribution is -2.13. The van der Waals surface area contributed by atoms with Crippen LogP contribution >= 0.6 is 11.8 Å². The van der Waals surface area contributed by atoms with Gasteiger partial charge in [0.15, 0.2) is 0 Å². The Kier molecular flexibility index (Phi) is 4.36. The fourth-order valence-electron chi connectivity index (χ4n) is 3.07. The second kappa shape index (κ2) is 6.42. The standard InChI is InChI=1S/C19H18N2S/c1-13-2-5-18(6-3-13)22-19-7-4-14-8-16(11-20)17(12-21)9-15(14)10-19/h4,7-10,13,18H,2-3,5-6H2,1H3. The first-order chi connectivity index (χ1) is 10.7. The smallest absolute Gasteiger partial charge is 0.101 e. The maximum absolute atomic E-state index is 9.16. The van der Waals surface area contributed by atoms with E-state index in [4.69, 9.17) is 10.5 Å². The Labute approximate surface area is 135 Å². The van der Waals surface area contributed by atoms with Gasteiger partial charge in [0.05, 0.1) is 11.1 Å². The lowest BCUT2D eigenvalue weighted by molar-refractivity contribution is 0.393. The molecule has 2 aromatic carbocycles. The molecule has 0 aliphatic heterocycles. The average Bonchev–Trinajstić information content (AvgIpc) is 2.55. The van der Waals surface area contributed by atoms with Gasteiger partial charge in [-0.15, -0.1) is 11.8 Å². The molecule has 0 unspecified atom stereocenters. The van der Waals surface area contributed by atoms with Gasteiger partial charge in [0.25, 0.3) is 0 Å². The molecule has 0 amide bonds. The van der Waals surface area contributed by atoms with Crippen molar-refractivity contribution < 1.29 is 0 Å². The fourth-order valence-corrected chi connectivity index (χ4v) is 4.31. The molecule has 2 nitrogen and oxygen atoms in total. The molecule has 0 spiro atoms. The predicted octanol–water partition coefficient (Wildman–Crippen LogP) is 5.25. The van der Waals surface area contributed by atoms with E-state index in [9.17, 15) is 0 Å². The van der Waals surface area contributed by atoms with Crippen molar-refractivity contribution in [3.05, 3.63) is 41.5 Å². The number of nitrogens with zero attached hydrogens (tertiary/aromatic N) is 2. The van der Waals surface area contributed by atoms with Crippen LogP contribution in [0.15, 0.2) is 35.2 Å². The summed E-state index contributed by atoms with van der Waals surface area (Å²) in [5.41, 5.74) is 0.917. The van der Waals surface area contributed by atoms with Crippen LogP contribution in [0.2, 0.25) is 0 Å². The van der Waals surface area contributed by atoms with Gasteiger partial charge in [0, 0.05) is 10.1 Å². The molecule has 3 rings (SSSR count). The molecule has 1 aliphatic rings. The Morgan fingerprint density at radius 2 is 1.55 bits per heavy atom. The van der Waals surface area contributed by atoms with E-state index in [0.29, 0.717) is 16.4 Å². The van der Waals surface area contributed by atoms with Gasteiger partial charge in [-0.3, -0.25) is 0 Å². The first-order valence-corrected chi connectivity index (χ1v) is 8.62. The van der Waals surface area contributed by atoms with Gasteiger partial charge in [-0.05, 0) is 66.6 Å². The van der Waals surface area contributed by atoms with Crippen molar-refractivity contribution in [3.63, 3.8) is 0 Å². The Bertz CT molecular complexity index is 774. The number of thioether (sulfide) groups is 1. The zero-order chi connectivity index (χ0) is 15.5. The molecule has 0 N–H and O–H groups in total. The lowest BCUT2D eigenvalue weighted by atomic mass is 9.91. The van der Waals surface area contributed by atoms with Crippen LogP contribution in [0, 0.1) is 28.6 Å². The molecule has 0 saturated heterocycles. The molecule has 1 aliphatic carbocycles. The molecule has 22 heavy (non-hydrogen) atoms. The maximum atomic E-state index is 9.16. The fraction of sp³-hybridized carbons (Fsp3) is 0.368. The van der Waals surface area contributed by atoms with Crippen LogP contribution in [-0.2, 0) is 0 Å². The van der Waals surface area contributed by atoms with Gasteiger partial charge in [0.1, 0.15) is 12.1 Å². The first-order valence-electron chi connectivity index (χ1n) is 7.74. The van der Waals surface area contributed by atoms with Crippen LogP contribution in [0.25, 0.3) is 10.8 Å². The molecule has 0 radical (unpaired) electrons. The van der Waals surface area contributed by atoms with Crippen LogP contribution in [0.1, 0.15) is 43.7 Å². The third-order valence-electron chi connectivity index (χ3n) is 4.45. The summed E-state index contributed by atoms with van der Waals surface area (Å²) in [4.78, 5) is 1.26. The van der Waals surface area contributed by atoms with Crippen molar-refractivity contribution in [2.75, 3.05) is 0 Å². The summed E-state index contributed by atoms with van der Waals surface area (Å²) in [6, 6.07) is 14.2. The van der Waals surface area contributed by atoms with Crippen molar-refractivity contribution >= 4 is 22.5 Å². The normalized spacial score (nSPS) is 21.2. The van der Waals surface area contributed by atoms with Crippen LogP contribution in [0.5, 0.6) is 0 Å². The average molecular weight is 306 g/mol. The second-order valence-electron chi connectivity index (χ2n) is 6.13. The van der Waals surface area contributed by atoms with E-state index in [1.807, 2.05) is 23.9 Å². The highest BCUT2D eigenvalue weighted by molar-refractivity contribution is 8.00. The minimum absolute atomic E-state index is 0.455. The molecular formula is C19H18N2S. The number of benzene rings is 2. The van der Waals surface area contributed by atoms with E-state index >= 15 is 0 Å². The lowest BCUT2D eigenvalue weighted by Gasteiger charge is -2.25. The molecule has 0 atom stereocenters. The highest BCUT2D eigenvalue weighted by Gasteiger charge is 2.19. The van der Waals surface area contributed by atoms with Crippen molar-refractivity contribution in [1.29, 1.82) is 10.5 Å². The first kappa shape index (κ1) is 14.9. The third-order valence-corrected chi connectivity index (χ3v) is 5.79. The summed E-state index contributed by atoms with van der Waals surface area (Å²) in [5, 5.41) is 21.0. The van der Waals surface area contributed by atoms with Gasteiger partial charge < -0.3 is 0 Å². The molecule has 2 aromatic rings. The monoisotopic (exact) mass is 306 g/mol. The number of hydrogen-bond acceptors (Lipinski definition) is 3. The number of fused-ring (bicyclic) bond motifs is 1. The molecule has 1 fully saturated rings. The summed E-state index contributed by atoms with van der Waals surface area (Å²) in [7, 11) is 0. The summed E-state index contributed by atoms with van der Waals surface area (Å²) < 4.78 is 0. The van der Waals surface area contributed by atoms with Gasteiger partial charge in [0.2, 0.25) is 0 Å². The van der Waals surface area contributed by atoms with E-state index in [1.165, 1.54) is 30.6 Å². The predicted molar refractivity (Wildman–Crippen MR) is 90.7 cm³/mol.